The summed E-state index contributed by atoms with van der Waals surface area (Å²) in [6.45, 7) is 5.63. The minimum absolute atomic E-state index is 0. The average Bonchev–Trinajstić information content (AvgIpc) is 3.14. The SMILES string of the molecule is CC(C)(O)CCc1cc(-c2ccc(N3CC4CC(C3)N4)nc2)c2c(C#N)cnn2c1.Cl. The molecular formula is C23H27ClN6O. The van der Waals surface area contributed by atoms with Gasteiger partial charge in [-0.05, 0) is 56.9 Å². The van der Waals surface area contributed by atoms with E-state index in [-0.39, 0.29) is 12.4 Å². The van der Waals surface area contributed by atoms with Gasteiger partial charge in [0.2, 0.25) is 0 Å². The maximum atomic E-state index is 10.1. The molecule has 6 heterocycles. The Morgan fingerprint density at radius 2 is 2.00 bits per heavy atom. The number of hydrogen-bond donors (Lipinski definition) is 2. The van der Waals surface area contributed by atoms with E-state index in [1.165, 1.54) is 6.42 Å². The van der Waals surface area contributed by atoms with Crippen molar-refractivity contribution in [3.05, 3.63) is 47.9 Å². The highest BCUT2D eigenvalue weighted by molar-refractivity contribution is 5.85. The molecule has 3 saturated heterocycles. The first-order valence-electron chi connectivity index (χ1n) is 10.5. The fourth-order valence-corrected chi connectivity index (χ4v) is 4.50. The first-order chi connectivity index (χ1) is 14.4. The van der Waals surface area contributed by atoms with Gasteiger partial charge in [0.15, 0.2) is 0 Å². The predicted octanol–water partition coefficient (Wildman–Crippen LogP) is 2.94. The second-order valence-corrected chi connectivity index (χ2v) is 9.14. The Hall–Kier alpha value is -2.66. The van der Waals surface area contributed by atoms with Crippen LogP contribution >= 0.6 is 12.4 Å². The zero-order valence-corrected chi connectivity index (χ0v) is 18.6. The summed E-state index contributed by atoms with van der Waals surface area (Å²) in [5.41, 5.74) is 3.58. The van der Waals surface area contributed by atoms with Crippen molar-refractivity contribution in [2.45, 2.75) is 50.8 Å². The van der Waals surface area contributed by atoms with Crippen LogP contribution in [0.2, 0.25) is 0 Å². The van der Waals surface area contributed by atoms with Crippen LogP contribution in [0.4, 0.5) is 5.82 Å². The van der Waals surface area contributed by atoms with Gasteiger partial charge >= 0.3 is 0 Å². The molecule has 3 fully saturated rings. The van der Waals surface area contributed by atoms with Gasteiger partial charge < -0.3 is 15.3 Å². The van der Waals surface area contributed by atoms with Gasteiger partial charge in [0, 0.05) is 48.7 Å². The maximum Gasteiger partial charge on any atom is 0.128 e. The molecule has 7 nitrogen and oxygen atoms in total. The Morgan fingerprint density at radius 1 is 1.26 bits per heavy atom. The molecule has 2 atom stereocenters. The Labute approximate surface area is 188 Å². The Morgan fingerprint density at radius 3 is 2.61 bits per heavy atom. The van der Waals surface area contributed by atoms with E-state index in [2.05, 4.69) is 39.6 Å². The highest BCUT2D eigenvalue weighted by Gasteiger charge is 2.36. The van der Waals surface area contributed by atoms with Crippen LogP contribution in [0, 0.1) is 11.3 Å². The van der Waals surface area contributed by atoms with Crippen LogP contribution in [-0.2, 0) is 6.42 Å². The van der Waals surface area contributed by atoms with Crippen LogP contribution in [0.1, 0.15) is 37.8 Å². The molecule has 0 radical (unpaired) electrons. The van der Waals surface area contributed by atoms with Gasteiger partial charge in [-0.25, -0.2) is 9.50 Å². The molecule has 0 spiro atoms. The highest BCUT2D eigenvalue weighted by Crippen LogP contribution is 2.31. The van der Waals surface area contributed by atoms with E-state index in [1.54, 1.807) is 10.7 Å². The Balaban J connectivity index is 0.00000231. The van der Waals surface area contributed by atoms with Crippen LogP contribution in [0.15, 0.2) is 36.8 Å². The number of aromatic nitrogens is 3. The first kappa shape index (κ1) is 21.6. The van der Waals surface area contributed by atoms with Crippen LogP contribution in [0.3, 0.4) is 0 Å². The van der Waals surface area contributed by atoms with Crippen molar-refractivity contribution >= 4 is 23.7 Å². The molecule has 3 aliphatic rings. The fourth-order valence-electron chi connectivity index (χ4n) is 4.50. The van der Waals surface area contributed by atoms with E-state index in [0.29, 0.717) is 24.1 Å². The molecule has 2 N–H and O–H groups in total. The van der Waals surface area contributed by atoms with Gasteiger partial charge in [-0.2, -0.15) is 10.4 Å². The average molecular weight is 439 g/mol. The van der Waals surface area contributed by atoms with E-state index in [4.69, 9.17) is 4.98 Å². The standard InChI is InChI=1S/C23H26N6O.ClH/c1-23(2,30)6-5-15-7-20(22-17(9-24)11-26-29(22)12-15)16-3-4-21(25-10-16)28-13-18-8-19(14-28)27-18;/h3-4,7,10-12,18-19,27,30H,5-6,8,13-14H2,1-2H3;1H. The van der Waals surface area contributed by atoms with Crippen molar-refractivity contribution in [3.8, 4) is 17.2 Å². The summed E-state index contributed by atoms with van der Waals surface area (Å²) in [5.74, 6) is 0.998. The monoisotopic (exact) mass is 438 g/mol. The third kappa shape index (κ3) is 4.24. The van der Waals surface area contributed by atoms with Crippen LogP contribution in [0.5, 0.6) is 0 Å². The number of nitrogens with one attached hydrogen (secondary N) is 1. The van der Waals surface area contributed by atoms with Crippen LogP contribution in [0.25, 0.3) is 16.6 Å². The number of nitrogens with zero attached hydrogens (tertiary/aromatic N) is 5. The molecule has 31 heavy (non-hydrogen) atoms. The zero-order valence-electron chi connectivity index (χ0n) is 17.7. The lowest BCUT2D eigenvalue weighted by Gasteiger charge is -2.48. The summed E-state index contributed by atoms with van der Waals surface area (Å²) >= 11 is 0. The van der Waals surface area contributed by atoms with Gasteiger partial charge in [-0.15, -0.1) is 12.4 Å². The summed E-state index contributed by atoms with van der Waals surface area (Å²) in [7, 11) is 0. The van der Waals surface area contributed by atoms with Crippen molar-refractivity contribution in [2.24, 2.45) is 0 Å². The fraction of sp³-hybridized carbons (Fsp3) is 0.435. The number of rotatable bonds is 5. The summed E-state index contributed by atoms with van der Waals surface area (Å²) in [6, 6.07) is 9.67. The highest BCUT2D eigenvalue weighted by atomic mass is 35.5. The molecular weight excluding hydrogens is 412 g/mol. The van der Waals surface area contributed by atoms with Crippen molar-refractivity contribution < 1.29 is 5.11 Å². The number of piperidine rings is 1. The number of aryl methyl sites for hydroxylation is 1. The zero-order chi connectivity index (χ0) is 20.9. The number of nitriles is 1. The summed E-state index contributed by atoms with van der Waals surface area (Å²) in [5, 5.41) is 27.6. The molecule has 0 saturated carbocycles. The molecule has 8 heteroatoms. The molecule has 3 aromatic rings. The van der Waals surface area contributed by atoms with E-state index in [9.17, 15) is 10.4 Å². The Kier molecular flexibility index (Phi) is 5.65. The number of piperazine rings is 1. The second-order valence-electron chi connectivity index (χ2n) is 9.14. The first-order valence-corrected chi connectivity index (χ1v) is 10.5. The van der Waals surface area contributed by atoms with Crippen LogP contribution < -0.4 is 10.2 Å². The number of aliphatic hydroxyl groups is 1. The Bertz CT molecular complexity index is 1110. The second kappa shape index (κ2) is 8.12. The lowest BCUT2D eigenvalue weighted by atomic mass is 9.91. The lowest BCUT2D eigenvalue weighted by molar-refractivity contribution is 0.0714. The van der Waals surface area contributed by atoms with E-state index in [1.807, 2.05) is 26.2 Å². The quantitative estimate of drug-likeness (QED) is 0.636. The van der Waals surface area contributed by atoms with Crippen molar-refractivity contribution in [1.82, 2.24) is 19.9 Å². The molecule has 162 valence electrons. The molecule has 3 aromatic heterocycles. The summed E-state index contributed by atoms with van der Waals surface area (Å²) < 4.78 is 1.77. The topological polar surface area (TPSA) is 89.5 Å². The van der Waals surface area contributed by atoms with E-state index >= 15 is 0 Å². The molecule has 3 aliphatic heterocycles. The van der Waals surface area contributed by atoms with Crippen molar-refractivity contribution in [3.63, 3.8) is 0 Å². The third-order valence-corrected chi connectivity index (χ3v) is 6.12. The van der Waals surface area contributed by atoms with E-state index in [0.717, 1.165) is 47.5 Å². The molecule has 0 aliphatic carbocycles. The number of hydrogen-bond acceptors (Lipinski definition) is 6. The predicted molar refractivity (Wildman–Crippen MR) is 123 cm³/mol. The van der Waals surface area contributed by atoms with Crippen molar-refractivity contribution in [2.75, 3.05) is 18.0 Å². The number of fused-ring (bicyclic) bond motifs is 3. The number of pyridine rings is 2. The third-order valence-electron chi connectivity index (χ3n) is 6.12. The van der Waals surface area contributed by atoms with Gasteiger partial charge in [0.05, 0.1) is 22.9 Å². The van der Waals surface area contributed by atoms with Gasteiger partial charge in [-0.1, -0.05) is 0 Å². The van der Waals surface area contributed by atoms with Gasteiger partial charge in [-0.3, -0.25) is 0 Å². The number of halogens is 1. The smallest absolute Gasteiger partial charge is 0.128 e. The molecule has 0 amide bonds. The summed E-state index contributed by atoms with van der Waals surface area (Å²) in [4.78, 5) is 7.08. The molecule has 2 unspecified atom stereocenters. The van der Waals surface area contributed by atoms with Gasteiger partial charge in [0.25, 0.3) is 0 Å². The minimum Gasteiger partial charge on any atom is -0.390 e. The molecule has 0 aromatic carbocycles. The van der Waals surface area contributed by atoms with E-state index < -0.39 is 5.60 Å². The minimum atomic E-state index is -0.732. The van der Waals surface area contributed by atoms with Crippen LogP contribution in [-0.4, -0.2) is 50.5 Å². The number of anilines is 1. The lowest BCUT2D eigenvalue weighted by Crippen LogP contribution is -2.67. The molecule has 6 rings (SSSR count). The normalized spacial score (nSPS) is 20.1. The largest absolute Gasteiger partial charge is 0.390 e. The molecule has 2 bridgehead atoms. The summed E-state index contributed by atoms with van der Waals surface area (Å²) in [6.07, 6.45) is 8.08. The van der Waals surface area contributed by atoms with Gasteiger partial charge in [0.1, 0.15) is 11.9 Å². The van der Waals surface area contributed by atoms with Crippen molar-refractivity contribution in [1.29, 1.82) is 5.26 Å². The maximum absolute atomic E-state index is 10.1.